The highest BCUT2D eigenvalue weighted by atomic mass is 16.5. The van der Waals surface area contributed by atoms with E-state index < -0.39 is 24.0 Å². The van der Waals surface area contributed by atoms with Crippen molar-refractivity contribution < 1.29 is 19.4 Å². The van der Waals surface area contributed by atoms with Gasteiger partial charge in [-0.15, -0.1) is 0 Å². The second kappa shape index (κ2) is 10.1. The summed E-state index contributed by atoms with van der Waals surface area (Å²) in [6.07, 6.45) is 0.384. The van der Waals surface area contributed by atoms with Gasteiger partial charge in [-0.2, -0.15) is 0 Å². The highest BCUT2D eigenvalue weighted by molar-refractivity contribution is 5.97. The number of amides is 1. The molecule has 0 bridgehead atoms. The van der Waals surface area contributed by atoms with Crippen LogP contribution in [0.3, 0.4) is 0 Å². The van der Waals surface area contributed by atoms with Gasteiger partial charge in [0.2, 0.25) is 0 Å². The first-order chi connectivity index (χ1) is 11.5. The maximum Gasteiger partial charge on any atom is 0.329 e. The van der Waals surface area contributed by atoms with Gasteiger partial charge in [-0.25, -0.2) is 4.79 Å². The summed E-state index contributed by atoms with van der Waals surface area (Å²) >= 11 is 0. The van der Waals surface area contributed by atoms with Crippen molar-refractivity contribution in [1.82, 2.24) is 5.32 Å². The van der Waals surface area contributed by atoms with Gasteiger partial charge in [-0.3, -0.25) is 4.79 Å². The van der Waals surface area contributed by atoms with Crippen LogP contribution >= 0.6 is 0 Å². The first kappa shape index (κ1) is 19.2. The lowest BCUT2D eigenvalue weighted by Crippen LogP contribution is -2.51. The van der Waals surface area contributed by atoms with Crippen LogP contribution in [0.5, 0.6) is 0 Å². The molecular formula is C18H20N2O4. The lowest BCUT2D eigenvalue weighted by molar-refractivity contribution is -0.143. The van der Waals surface area contributed by atoms with Crippen LogP contribution < -0.4 is 11.1 Å². The van der Waals surface area contributed by atoms with Crippen LogP contribution in [-0.2, 0) is 9.53 Å². The number of nitrogens with two attached hydrogens (primary N) is 1. The summed E-state index contributed by atoms with van der Waals surface area (Å²) < 4.78 is 4.62. The van der Waals surface area contributed by atoms with E-state index in [4.69, 9.17) is 10.8 Å². The molecule has 6 nitrogen and oxygen atoms in total. The van der Waals surface area contributed by atoms with Crippen molar-refractivity contribution in [1.29, 1.82) is 0 Å². The Bertz CT molecular complexity index is 688. The summed E-state index contributed by atoms with van der Waals surface area (Å²) in [4.78, 5) is 23.8. The highest BCUT2D eigenvalue weighted by Crippen LogP contribution is 2.05. The maximum atomic E-state index is 12.2. The van der Waals surface area contributed by atoms with Gasteiger partial charge in [0.05, 0.1) is 13.7 Å². The van der Waals surface area contributed by atoms with E-state index in [0.717, 1.165) is 0 Å². The van der Waals surface area contributed by atoms with Crippen molar-refractivity contribution in [3.8, 4) is 23.7 Å². The number of nitrogens with one attached hydrogen (secondary N) is 1. The Morgan fingerprint density at radius 2 is 1.96 bits per heavy atom. The number of ether oxygens (including phenoxy) is 1. The van der Waals surface area contributed by atoms with Crippen LogP contribution in [0.15, 0.2) is 24.3 Å². The molecule has 0 aliphatic rings. The molecule has 0 aliphatic carbocycles. The zero-order valence-electron chi connectivity index (χ0n) is 13.6. The van der Waals surface area contributed by atoms with Crippen LogP contribution in [-0.4, -0.2) is 42.8 Å². The third-order valence-corrected chi connectivity index (χ3v) is 3.01. The molecule has 2 atom stereocenters. The van der Waals surface area contributed by atoms with Gasteiger partial charge < -0.3 is 20.9 Å². The van der Waals surface area contributed by atoms with E-state index in [1.807, 2.05) is 0 Å². The molecule has 126 valence electrons. The second-order valence-corrected chi connectivity index (χ2v) is 4.94. The molecule has 0 saturated heterocycles. The van der Waals surface area contributed by atoms with Crippen molar-refractivity contribution in [3.63, 3.8) is 0 Å². The van der Waals surface area contributed by atoms with Gasteiger partial charge in [0.15, 0.2) is 0 Å². The van der Waals surface area contributed by atoms with Crippen LogP contribution in [0.1, 0.15) is 29.3 Å². The van der Waals surface area contributed by atoms with Gasteiger partial charge in [-0.1, -0.05) is 11.8 Å². The number of hydrogen-bond acceptors (Lipinski definition) is 5. The number of aliphatic hydroxyl groups is 1. The fraction of sp³-hybridized carbons (Fsp3) is 0.333. The summed E-state index contributed by atoms with van der Waals surface area (Å²) in [5, 5.41) is 11.1. The lowest BCUT2D eigenvalue weighted by atomic mass is 10.1. The number of esters is 1. The van der Waals surface area contributed by atoms with E-state index in [-0.39, 0.29) is 6.61 Å². The Kier molecular flexibility index (Phi) is 8.07. The van der Waals surface area contributed by atoms with Crippen molar-refractivity contribution in [3.05, 3.63) is 35.4 Å². The quantitative estimate of drug-likeness (QED) is 0.523. The average molecular weight is 328 g/mol. The first-order valence-electron chi connectivity index (χ1n) is 7.33. The largest absolute Gasteiger partial charge is 0.467 e. The van der Waals surface area contributed by atoms with Crippen LogP contribution in [0.2, 0.25) is 0 Å². The third-order valence-electron chi connectivity index (χ3n) is 3.01. The van der Waals surface area contributed by atoms with E-state index in [9.17, 15) is 9.59 Å². The van der Waals surface area contributed by atoms with Gasteiger partial charge in [0, 0.05) is 23.6 Å². The molecule has 0 spiro atoms. The molecule has 0 saturated carbocycles. The molecular weight excluding hydrogens is 308 g/mol. The molecule has 1 aromatic carbocycles. The Morgan fingerprint density at radius 1 is 1.29 bits per heavy atom. The van der Waals surface area contributed by atoms with Gasteiger partial charge >= 0.3 is 5.97 Å². The minimum atomic E-state index is -0.913. The molecule has 0 unspecified atom stereocenters. The fourth-order valence-corrected chi connectivity index (χ4v) is 1.73. The first-order valence-corrected chi connectivity index (χ1v) is 7.33. The van der Waals surface area contributed by atoms with E-state index >= 15 is 0 Å². The van der Waals surface area contributed by atoms with E-state index in [2.05, 4.69) is 33.7 Å². The number of carbonyl (C=O) groups excluding carboxylic acids is 2. The SMILES string of the molecule is COC(=O)[C@@H](NC(=O)c1ccc(C#CC#CCCO)cc1)[C@@H](C)N. The zero-order valence-corrected chi connectivity index (χ0v) is 13.6. The number of hydrogen-bond donors (Lipinski definition) is 3. The molecule has 0 aromatic heterocycles. The summed E-state index contributed by atoms with van der Waals surface area (Å²) in [6.45, 7) is 1.62. The fourth-order valence-electron chi connectivity index (χ4n) is 1.73. The van der Waals surface area contributed by atoms with E-state index in [1.54, 1.807) is 31.2 Å². The summed E-state index contributed by atoms with van der Waals surface area (Å²) in [5.41, 5.74) is 6.76. The maximum absolute atomic E-state index is 12.2. The molecule has 4 N–H and O–H groups in total. The van der Waals surface area contributed by atoms with Crippen LogP contribution in [0.4, 0.5) is 0 Å². The van der Waals surface area contributed by atoms with E-state index in [0.29, 0.717) is 17.5 Å². The second-order valence-electron chi connectivity index (χ2n) is 4.94. The predicted molar refractivity (Wildman–Crippen MR) is 89.7 cm³/mol. The molecule has 0 radical (unpaired) electrons. The number of benzene rings is 1. The normalized spacial score (nSPS) is 11.8. The standard InChI is InChI=1S/C18H20N2O4/c1-13(19)16(18(23)24-2)20-17(22)15-10-8-14(9-11-15)7-5-3-4-6-12-21/h8-11,13,16,21H,6,12,19H2,1-2H3,(H,20,22)/t13-,16+/m1/s1. The van der Waals surface area contributed by atoms with Crippen molar-refractivity contribution in [2.24, 2.45) is 5.73 Å². The lowest BCUT2D eigenvalue weighted by Gasteiger charge is -2.19. The molecule has 0 heterocycles. The zero-order chi connectivity index (χ0) is 17.9. The third kappa shape index (κ3) is 6.13. The Hall–Kier alpha value is -2.80. The highest BCUT2D eigenvalue weighted by Gasteiger charge is 2.25. The Labute approximate surface area is 141 Å². The van der Waals surface area contributed by atoms with Crippen molar-refractivity contribution in [2.45, 2.75) is 25.4 Å². The smallest absolute Gasteiger partial charge is 0.329 e. The molecule has 1 amide bonds. The minimum absolute atomic E-state index is 0.00642. The van der Waals surface area contributed by atoms with Crippen LogP contribution in [0.25, 0.3) is 0 Å². The van der Waals surface area contributed by atoms with Gasteiger partial charge in [0.25, 0.3) is 5.91 Å². The topological polar surface area (TPSA) is 102 Å². The van der Waals surface area contributed by atoms with Gasteiger partial charge in [-0.05, 0) is 43.0 Å². The molecule has 1 rings (SSSR count). The summed E-state index contributed by atoms with van der Waals surface area (Å²) in [6, 6.07) is 5.04. The summed E-state index contributed by atoms with van der Waals surface area (Å²) in [7, 11) is 1.24. The van der Waals surface area contributed by atoms with E-state index in [1.165, 1.54) is 7.11 Å². The number of aliphatic hydroxyl groups excluding tert-OH is 1. The minimum Gasteiger partial charge on any atom is -0.467 e. The predicted octanol–water partition coefficient (Wildman–Crippen LogP) is 0.0425. The van der Waals surface area contributed by atoms with Crippen molar-refractivity contribution >= 4 is 11.9 Å². The number of methoxy groups -OCH3 is 1. The molecule has 1 aromatic rings. The van der Waals surface area contributed by atoms with Crippen molar-refractivity contribution in [2.75, 3.05) is 13.7 Å². The number of rotatable bonds is 5. The molecule has 6 heteroatoms. The molecule has 24 heavy (non-hydrogen) atoms. The summed E-state index contributed by atoms with van der Waals surface area (Å²) in [5.74, 6) is 9.76. The van der Waals surface area contributed by atoms with Gasteiger partial charge in [0.1, 0.15) is 6.04 Å². The average Bonchev–Trinajstić information content (AvgIpc) is 2.58. The molecule has 0 fully saturated rings. The molecule has 0 aliphatic heterocycles. The van der Waals surface area contributed by atoms with Crippen LogP contribution in [0, 0.1) is 23.7 Å². The monoisotopic (exact) mass is 328 g/mol. The Balaban J connectivity index is 2.76. The number of carbonyl (C=O) groups is 2. The Morgan fingerprint density at radius 3 is 2.50 bits per heavy atom.